The van der Waals surface area contributed by atoms with Gasteiger partial charge in [-0.15, -0.1) is 0 Å². The average Bonchev–Trinajstić information content (AvgIpc) is 2.52. The molecule has 0 rings (SSSR count). The number of rotatable bonds is 15. The van der Waals surface area contributed by atoms with Gasteiger partial charge >= 0.3 is 0 Å². The summed E-state index contributed by atoms with van der Waals surface area (Å²) in [6.07, 6.45) is 19.3. The van der Waals surface area contributed by atoms with Crippen LogP contribution in [0.2, 0.25) is 10.6 Å². The molecule has 0 bridgehead atoms. The first kappa shape index (κ1) is 23.5. The number of carbonyl (C=O) groups is 1. The highest BCUT2D eigenvalue weighted by Gasteiger charge is 1.95. The van der Waals surface area contributed by atoms with Crippen molar-refractivity contribution in [1.82, 2.24) is 0 Å². The zero-order chi connectivity index (χ0) is 16.0. The minimum absolute atomic E-state index is 0.332. The largest absolute Gasteiger partial charge is 0.303 e. The normalized spacial score (nSPS) is 9.86. The standard InChI is InChI=1S/2C8H17.C3H6O.Al.H/c2*1-3-5-7-8-6-4-2;1-2-3-4;;/h2*1,3-8H2,2H3;3H,2H2,1H3;;. The SMILES string of the molecule is CCC=O.CCCCCCC[CH2][AlH][CH2]CCCCCCC. The molecule has 0 aliphatic heterocycles. The van der Waals surface area contributed by atoms with Gasteiger partial charge in [0, 0.05) is 6.42 Å². The van der Waals surface area contributed by atoms with Gasteiger partial charge in [0.05, 0.1) is 0 Å². The summed E-state index contributed by atoms with van der Waals surface area (Å²) >= 11 is 0.332. The summed E-state index contributed by atoms with van der Waals surface area (Å²) in [5.41, 5.74) is 0. The Kier molecular flexibility index (Phi) is 28.1. The molecule has 126 valence electrons. The van der Waals surface area contributed by atoms with Gasteiger partial charge in [-0.3, -0.25) is 0 Å². The molecule has 0 unspecified atom stereocenters. The smallest absolute Gasteiger partial charge is 0.236 e. The second-order valence-electron chi connectivity index (χ2n) is 6.17. The van der Waals surface area contributed by atoms with Crippen LogP contribution in [0.3, 0.4) is 0 Å². The second kappa shape index (κ2) is 25.2. The van der Waals surface area contributed by atoms with E-state index < -0.39 is 0 Å². The van der Waals surface area contributed by atoms with E-state index in [1.54, 1.807) is 23.4 Å². The lowest BCUT2D eigenvalue weighted by atomic mass is 10.1. The van der Waals surface area contributed by atoms with Gasteiger partial charge in [-0.2, -0.15) is 0 Å². The van der Waals surface area contributed by atoms with E-state index in [2.05, 4.69) is 13.8 Å². The van der Waals surface area contributed by atoms with Gasteiger partial charge in [0.1, 0.15) is 6.29 Å². The van der Waals surface area contributed by atoms with Gasteiger partial charge in [-0.25, -0.2) is 0 Å². The molecule has 0 aromatic heterocycles. The zero-order valence-electron chi connectivity index (χ0n) is 15.3. The second-order valence-corrected chi connectivity index (χ2v) is 8.29. The first-order valence-electron chi connectivity index (χ1n) is 9.77. The third kappa shape index (κ3) is 29.0. The Morgan fingerprint density at radius 1 is 0.619 bits per heavy atom. The van der Waals surface area contributed by atoms with Crippen molar-refractivity contribution in [3.8, 4) is 0 Å². The van der Waals surface area contributed by atoms with Crippen LogP contribution in [0, 0.1) is 0 Å². The monoisotopic (exact) mass is 312 g/mol. The fraction of sp³-hybridized carbons (Fsp3) is 0.947. The van der Waals surface area contributed by atoms with Crippen LogP contribution in [-0.2, 0) is 4.79 Å². The molecule has 0 radical (unpaired) electrons. The van der Waals surface area contributed by atoms with Crippen molar-refractivity contribution in [1.29, 1.82) is 0 Å². The Labute approximate surface area is 141 Å². The Morgan fingerprint density at radius 2 is 0.952 bits per heavy atom. The highest BCUT2D eigenvalue weighted by molar-refractivity contribution is 6.35. The molecule has 2 heteroatoms. The maximum atomic E-state index is 9.17. The van der Waals surface area contributed by atoms with Crippen molar-refractivity contribution < 1.29 is 4.79 Å². The maximum absolute atomic E-state index is 9.17. The predicted octanol–water partition coefficient (Wildman–Crippen LogP) is 6.58. The highest BCUT2D eigenvalue weighted by atomic mass is 27.1. The van der Waals surface area contributed by atoms with E-state index >= 15 is 0 Å². The number of carbonyl (C=O) groups excluding carboxylic acids is 1. The van der Waals surface area contributed by atoms with Crippen LogP contribution in [0.4, 0.5) is 0 Å². The summed E-state index contributed by atoms with van der Waals surface area (Å²) in [5, 5.41) is 3.25. The van der Waals surface area contributed by atoms with Crippen molar-refractivity contribution in [2.24, 2.45) is 0 Å². The molecule has 0 aliphatic carbocycles. The van der Waals surface area contributed by atoms with Crippen LogP contribution in [0.1, 0.15) is 104 Å². The molecule has 0 atom stereocenters. The fourth-order valence-electron chi connectivity index (χ4n) is 2.44. The molecule has 0 heterocycles. The van der Waals surface area contributed by atoms with Crippen molar-refractivity contribution in [3.05, 3.63) is 0 Å². The molecule has 0 aromatic carbocycles. The minimum atomic E-state index is 0.332. The van der Waals surface area contributed by atoms with Crippen molar-refractivity contribution in [3.63, 3.8) is 0 Å². The Balaban J connectivity index is 0. The molecule has 0 aromatic rings. The summed E-state index contributed by atoms with van der Waals surface area (Å²) < 4.78 is 0. The van der Waals surface area contributed by atoms with Gasteiger partial charge in [-0.05, 0) is 0 Å². The summed E-state index contributed by atoms with van der Waals surface area (Å²) in [6, 6.07) is 0. The van der Waals surface area contributed by atoms with Crippen LogP contribution in [0.25, 0.3) is 0 Å². The van der Waals surface area contributed by atoms with Gasteiger partial charge in [0.25, 0.3) is 0 Å². The van der Waals surface area contributed by atoms with Crippen molar-refractivity contribution >= 4 is 21.5 Å². The lowest BCUT2D eigenvalue weighted by Gasteiger charge is -2.01. The molecule has 0 saturated heterocycles. The summed E-state index contributed by atoms with van der Waals surface area (Å²) in [6.45, 7) is 6.41. The Hall–Kier alpha value is 0.202. The first-order valence-corrected chi connectivity index (χ1v) is 11.8. The summed E-state index contributed by atoms with van der Waals surface area (Å²) in [7, 11) is 0. The number of hydrogen-bond acceptors (Lipinski definition) is 1. The van der Waals surface area contributed by atoms with Crippen LogP contribution in [0.15, 0.2) is 0 Å². The molecular formula is C19H41AlO. The summed E-state index contributed by atoms with van der Waals surface area (Å²) in [4.78, 5) is 9.17. The van der Waals surface area contributed by atoms with E-state index in [-0.39, 0.29) is 0 Å². The van der Waals surface area contributed by atoms with Crippen LogP contribution in [0.5, 0.6) is 0 Å². The predicted molar refractivity (Wildman–Crippen MR) is 99.9 cm³/mol. The number of aldehydes is 1. The Morgan fingerprint density at radius 3 is 1.29 bits per heavy atom. The lowest BCUT2D eigenvalue weighted by Crippen LogP contribution is -1.90. The van der Waals surface area contributed by atoms with Crippen LogP contribution in [-0.4, -0.2) is 21.5 Å². The molecule has 0 N–H and O–H groups in total. The molecule has 0 saturated carbocycles. The molecule has 0 spiro atoms. The maximum Gasteiger partial charge on any atom is 0.236 e. The number of hydrogen-bond donors (Lipinski definition) is 0. The summed E-state index contributed by atoms with van der Waals surface area (Å²) in [5.74, 6) is 0. The third-order valence-corrected chi connectivity index (χ3v) is 5.87. The number of unbranched alkanes of at least 4 members (excludes halogenated alkanes) is 10. The van der Waals surface area contributed by atoms with E-state index in [1.807, 2.05) is 6.92 Å². The first-order chi connectivity index (χ1) is 10.3. The molecule has 1 nitrogen and oxygen atoms in total. The molecule has 0 amide bonds. The Bertz CT molecular complexity index is 157. The van der Waals surface area contributed by atoms with Crippen molar-refractivity contribution in [2.75, 3.05) is 0 Å². The quantitative estimate of drug-likeness (QED) is 0.190. The third-order valence-electron chi connectivity index (χ3n) is 3.87. The van der Waals surface area contributed by atoms with Crippen molar-refractivity contribution in [2.45, 2.75) is 115 Å². The van der Waals surface area contributed by atoms with E-state index in [0.29, 0.717) is 21.6 Å². The highest BCUT2D eigenvalue weighted by Crippen LogP contribution is 2.10. The minimum Gasteiger partial charge on any atom is -0.303 e. The lowest BCUT2D eigenvalue weighted by molar-refractivity contribution is -0.107. The van der Waals surface area contributed by atoms with E-state index in [1.165, 1.54) is 64.2 Å². The molecular weight excluding hydrogens is 271 g/mol. The van der Waals surface area contributed by atoms with E-state index in [4.69, 9.17) is 0 Å². The van der Waals surface area contributed by atoms with E-state index in [9.17, 15) is 4.79 Å². The molecule has 21 heavy (non-hydrogen) atoms. The topological polar surface area (TPSA) is 17.1 Å². The average molecular weight is 313 g/mol. The van der Waals surface area contributed by atoms with Gasteiger partial charge in [-0.1, -0.05) is 108 Å². The van der Waals surface area contributed by atoms with Crippen LogP contribution >= 0.6 is 0 Å². The van der Waals surface area contributed by atoms with Gasteiger partial charge < -0.3 is 4.79 Å². The molecule has 0 aliphatic rings. The van der Waals surface area contributed by atoms with Gasteiger partial charge in [0.15, 0.2) is 0 Å². The fourth-order valence-corrected chi connectivity index (χ4v) is 4.21. The molecule has 0 fully saturated rings. The van der Waals surface area contributed by atoms with E-state index in [0.717, 1.165) is 6.29 Å². The van der Waals surface area contributed by atoms with Crippen LogP contribution < -0.4 is 0 Å². The zero-order valence-corrected chi connectivity index (χ0v) is 16.7. The van der Waals surface area contributed by atoms with Gasteiger partial charge in [0.2, 0.25) is 15.2 Å².